The van der Waals surface area contributed by atoms with E-state index in [1.807, 2.05) is 49.9 Å². The van der Waals surface area contributed by atoms with Crippen molar-refractivity contribution in [1.82, 2.24) is 30.1 Å². The van der Waals surface area contributed by atoms with Gasteiger partial charge >= 0.3 is 0 Å². The van der Waals surface area contributed by atoms with Gasteiger partial charge in [-0.3, -0.25) is 9.69 Å². The highest BCUT2D eigenvalue weighted by Crippen LogP contribution is 2.35. The number of nitrogens with one attached hydrogen (secondary N) is 1. The van der Waals surface area contributed by atoms with Crippen LogP contribution in [0.2, 0.25) is 0 Å². The van der Waals surface area contributed by atoms with Crippen LogP contribution in [-0.2, 0) is 18.6 Å². The predicted octanol–water partition coefficient (Wildman–Crippen LogP) is 4.81. The molecule has 3 heterocycles. The van der Waals surface area contributed by atoms with Gasteiger partial charge in [-0.15, -0.1) is 5.10 Å². The van der Waals surface area contributed by atoms with Crippen LogP contribution >= 0.6 is 0 Å². The number of hydrogen-bond acceptors (Lipinski definition) is 8. The molecule has 0 fully saturated rings. The highest BCUT2D eigenvalue weighted by molar-refractivity contribution is 5.83. The van der Waals surface area contributed by atoms with E-state index in [0.29, 0.717) is 47.3 Å². The van der Waals surface area contributed by atoms with Crippen molar-refractivity contribution in [1.29, 1.82) is 0 Å². The van der Waals surface area contributed by atoms with Crippen molar-refractivity contribution in [2.75, 3.05) is 14.2 Å². The number of hydrogen-bond donors (Lipinski definition) is 1. The first-order valence-electron chi connectivity index (χ1n) is 12.8. The van der Waals surface area contributed by atoms with Crippen molar-refractivity contribution in [2.45, 2.75) is 45.4 Å². The largest absolute Gasteiger partial charge is 0.493 e. The van der Waals surface area contributed by atoms with Crippen molar-refractivity contribution < 1.29 is 18.3 Å². The zero-order valence-corrected chi connectivity index (χ0v) is 23.0. The molecule has 11 heteroatoms. The van der Waals surface area contributed by atoms with Crippen LogP contribution in [0, 0.1) is 5.82 Å². The fourth-order valence-electron chi connectivity index (χ4n) is 4.76. The van der Waals surface area contributed by atoms with E-state index in [1.54, 1.807) is 43.4 Å². The van der Waals surface area contributed by atoms with E-state index in [2.05, 4.69) is 20.5 Å². The molecule has 40 heavy (non-hydrogen) atoms. The van der Waals surface area contributed by atoms with Gasteiger partial charge in [-0.25, -0.2) is 9.07 Å². The summed E-state index contributed by atoms with van der Waals surface area (Å²) in [6, 6.07) is 14.6. The molecular formula is C29H31FN6O4. The maximum Gasteiger partial charge on any atom is 0.253 e. The number of methoxy groups -OCH3 is 2. The lowest BCUT2D eigenvalue weighted by atomic mass is 10.0. The summed E-state index contributed by atoms with van der Waals surface area (Å²) in [7, 11) is 3.10. The van der Waals surface area contributed by atoms with Gasteiger partial charge in [-0.05, 0) is 73.2 Å². The lowest BCUT2D eigenvalue weighted by Gasteiger charge is -2.32. The van der Waals surface area contributed by atoms with Crippen LogP contribution in [-0.4, -0.2) is 44.3 Å². The van der Waals surface area contributed by atoms with E-state index in [0.717, 1.165) is 10.9 Å². The second-order valence-electron chi connectivity index (χ2n) is 10.5. The van der Waals surface area contributed by atoms with Crippen LogP contribution in [0.3, 0.4) is 0 Å². The molecule has 0 unspecified atom stereocenters. The van der Waals surface area contributed by atoms with Gasteiger partial charge in [0, 0.05) is 23.6 Å². The molecule has 0 aliphatic carbocycles. The average molecular weight is 547 g/mol. The highest BCUT2D eigenvalue weighted by Gasteiger charge is 2.34. The second-order valence-corrected chi connectivity index (χ2v) is 10.5. The Hall–Kier alpha value is -4.51. The molecule has 1 N–H and O–H groups in total. The number of furan rings is 1. The first kappa shape index (κ1) is 27.1. The molecule has 0 aliphatic heterocycles. The quantitative estimate of drug-likeness (QED) is 0.280. The van der Waals surface area contributed by atoms with Gasteiger partial charge in [0.2, 0.25) is 0 Å². The number of H-pyrrole nitrogens is 1. The third kappa shape index (κ3) is 5.46. The monoisotopic (exact) mass is 546 g/mol. The molecule has 0 saturated carbocycles. The number of ether oxygens (including phenoxy) is 2. The fourth-order valence-corrected chi connectivity index (χ4v) is 4.76. The maximum absolute atomic E-state index is 13.8. The molecule has 0 spiro atoms. The van der Waals surface area contributed by atoms with E-state index in [1.165, 1.54) is 12.1 Å². The molecule has 0 aliphatic rings. The molecule has 0 bridgehead atoms. The molecule has 5 aromatic rings. The first-order chi connectivity index (χ1) is 19.2. The summed E-state index contributed by atoms with van der Waals surface area (Å²) in [5.74, 6) is 1.87. The van der Waals surface area contributed by atoms with Crippen molar-refractivity contribution >= 4 is 10.9 Å². The Labute approximate surface area is 230 Å². The maximum atomic E-state index is 13.8. The van der Waals surface area contributed by atoms with Crippen molar-refractivity contribution in [3.05, 3.63) is 99.7 Å². The number of pyridine rings is 1. The normalized spacial score (nSPS) is 12.7. The van der Waals surface area contributed by atoms with E-state index in [9.17, 15) is 9.18 Å². The minimum atomic E-state index is -0.703. The van der Waals surface area contributed by atoms with Crippen LogP contribution in [0.15, 0.2) is 70.1 Å². The number of nitrogens with zero attached hydrogens (tertiary/aromatic N) is 5. The average Bonchev–Trinajstić information content (AvgIpc) is 3.62. The summed E-state index contributed by atoms with van der Waals surface area (Å²) in [5.41, 5.74) is 1.07. The lowest BCUT2D eigenvalue weighted by Crippen LogP contribution is -2.37. The van der Waals surface area contributed by atoms with E-state index in [4.69, 9.17) is 13.9 Å². The van der Waals surface area contributed by atoms with E-state index >= 15 is 0 Å². The lowest BCUT2D eigenvalue weighted by molar-refractivity contribution is 0.171. The Morgan fingerprint density at radius 1 is 1.05 bits per heavy atom. The molecule has 3 aromatic heterocycles. The van der Waals surface area contributed by atoms with Gasteiger partial charge in [0.15, 0.2) is 17.3 Å². The summed E-state index contributed by atoms with van der Waals surface area (Å²) in [5, 5.41) is 13.4. The number of aromatic nitrogens is 5. The minimum Gasteiger partial charge on any atom is -0.493 e. The molecule has 5 rings (SSSR count). The molecule has 0 amide bonds. The van der Waals surface area contributed by atoms with Crippen molar-refractivity contribution in [2.24, 2.45) is 0 Å². The zero-order valence-electron chi connectivity index (χ0n) is 23.0. The van der Waals surface area contributed by atoms with E-state index < -0.39 is 11.6 Å². The summed E-state index contributed by atoms with van der Waals surface area (Å²) in [6.45, 7) is 6.65. The SMILES string of the molecule is COc1cc2cc([C@H](c3nnnn3C(C)(C)C)N(Cc3ccc(F)cc3)Cc3ccco3)c(=O)[nH]c2cc1OC. The predicted molar refractivity (Wildman–Crippen MR) is 147 cm³/mol. The number of rotatable bonds is 9. The van der Waals surface area contributed by atoms with Crippen LogP contribution in [0.5, 0.6) is 11.5 Å². The smallest absolute Gasteiger partial charge is 0.253 e. The molecule has 0 saturated heterocycles. The molecule has 0 radical (unpaired) electrons. The zero-order chi connectivity index (χ0) is 28.4. The second kappa shape index (κ2) is 10.9. The summed E-state index contributed by atoms with van der Waals surface area (Å²) >= 11 is 0. The summed E-state index contributed by atoms with van der Waals surface area (Å²) < 4.78 is 32.1. The van der Waals surface area contributed by atoms with Gasteiger partial charge in [-0.1, -0.05) is 12.1 Å². The van der Waals surface area contributed by atoms with Gasteiger partial charge < -0.3 is 18.9 Å². The third-order valence-electron chi connectivity index (χ3n) is 6.65. The van der Waals surface area contributed by atoms with Gasteiger partial charge in [0.05, 0.1) is 38.1 Å². The van der Waals surface area contributed by atoms with Gasteiger partial charge in [0.1, 0.15) is 17.6 Å². The summed E-state index contributed by atoms with van der Waals surface area (Å²) in [6.07, 6.45) is 1.60. The van der Waals surface area contributed by atoms with Gasteiger partial charge in [0.25, 0.3) is 5.56 Å². The molecule has 10 nitrogen and oxygen atoms in total. The van der Waals surface area contributed by atoms with Crippen LogP contribution in [0.25, 0.3) is 10.9 Å². The summed E-state index contributed by atoms with van der Waals surface area (Å²) in [4.78, 5) is 18.8. The standard InChI is InChI=1S/C29H31FN6O4/c1-29(2,3)36-27(32-33-34-36)26(22-13-19-14-24(38-4)25(39-5)15-23(19)31-28(22)37)35(17-21-7-6-12-40-21)16-18-8-10-20(30)11-9-18/h6-15,26H,16-17H2,1-5H3,(H,31,37)/t26-/m1/s1. The number of halogens is 1. The van der Waals surface area contributed by atoms with Crippen LogP contribution < -0.4 is 15.0 Å². The van der Waals surface area contributed by atoms with Crippen molar-refractivity contribution in [3.63, 3.8) is 0 Å². The number of aromatic amines is 1. The molecule has 2 aromatic carbocycles. The topological polar surface area (TPSA) is 111 Å². The number of tetrazole rings is 1. The highest BCUT2D eigenvalue weighted by atomic mass is 19.1. The number of fused-ring (bicyclic) bond motifs is 1. The number of benzene rings is 2. The van der Waals surface area contributed by atoms with Crippen LogP contribution in [0.1, 0.15) is 49.5 Å². The van der Waals surface area contributed by atoms with Gasteiger partial charge in [-0.2, -0.15) is 0 Å². The fraction of sp³-hybridized carbons (Fsp3) is 0.310. The van der Waals surface area contributed by atoms with Crippen molar-refractivity contribution in [3.8, 4) is 11.5 Å². The molecular weight excluding hydrogens is 515 g/mol. The molecule has 1 atom stereocenters. The Morgan fingerprint density at radius 3 is 2.42 bits per heavy atom. The molecule has 208 valence electrons. The van der Waals surface area contributed by atoms with Crippen LogP contribution in [0.4, 0.5) is 4.39 Å². The Kier molecular flexibility index (Phi) is 7.40. The third-order valence-corrected chi connectivity index (χ3v) is 6.65. The Balaban J connectivity index is 1.73. The van der Waals surface area contributed by atoms with E-state index in [-0.39, 0.29) is 11.4 Å². The minimum absolute atomic E-state index is 0.309. The Morgan fingerprint density at radius 2 is 1.77 bits per heavy atom. The first-order valence-corrected chi connectivity index (χ1v) is 12.8. The Bertz CT molecular complexity index is 1660.